The van der Waals surface area contributed by atoms with Crippen molar-refractivity contribution in [2.24, 2.45) is 0 Å². The molecule has 0 saturated carbocycles. The largest absolute Gasteiger partial charge is 0.488 e. The van der Waals surface area contributed by atoms with Gasteiger partial charge in [-0.15, -0.1) is 0 Å². The quantitative estimate of drug-likeness (QED) is 0.800. The molecule has 0 bridgehead atoms. The topological polar surface area (TPSA) is 98.5 Å². The number of nitrogens with zero attached hydrogens (tertiary/aromatic N) is 1. The Morgan fingerprint density at radius 1 is 1.35 bits per heavy atom. The molecule has 1 aliphatic rings. The van der Waals surface area contributed by atoms with Crippen LogP contribution < -0.4 is 9.46 Å². The molecular formula is C17H15ClN2O5S. The molecule has 3 rings (SSSR count). The molecule has 0 unspecified atom stereocenters. The fourth-order valence-corrected chi connectivity index (χ4v) is 3.98. The predicted molar refractivity (Wildman–Crippen MR) is 95.4 cm³/mol. The van der Waals surface area contributed by atoms with Gasteiger partial charge < -0.3 is 9.26 Å². The first-order valence-corrected chi connectivity index (χ1v) is 9.43. The lowest BCUT2D eigenvalue weighted by atomic mass is 10.1. The minimum Gasteiger partial charge on any atom is -0.488 e. The number of carbonyl (C=O) groups excluding carboxylic acids is 1. The van der Waals surface area contributed by atoms with Gasteiger partial charge in [0.2, 0.25) is 0 Å². The summed E-state index contributed by atoms with van der Waals surface area (Å²) in [6.07, 6.45) is 4.43. The van der Waals surface area contributed by atoms with Crippen LogP contribution >= 0.6 is 11.6 Å². The van der Waals surface area contributed by atoms with E-state index in [4.69, 9.17) is 20.9 Å². The van der Waals surface area contributed by atoms with Crippen molar-refractivity contribution in [2.45, 2.75) is 18.7 Å². The Hall–Kier alpha value is -2.58. The van der Waals surface area contributed by atoms with Crippen LogP contribution in [0.2, 0.25) is 5.02 Å². The first kappa shape index (κ1) is 18.2. The zero-order chi connectivity index (χ0) is 18.9. The Morgan fingerprint density at radius 2 is 2.12 bits per heavy atom. The second-order valence-corrected chi connectivity index (χ2v) is 7.70. The number of nitrogens with one attached hydrogen (secondary N) is 1. The van der Waals surface area contributed by atoms with Crippen LogP contribution in [0, 0.1) is 13.8 Å². The van der Waals surface area contributed by atoms with E-state index in [9.17, 15) is 13.2 Å². The van der Waals surface area contributed by atoms with Gasteiger partial charge in [0.15, 0.2) is 10.7 Å². The van der Waals surface area contributed by atoms with Gasteiger partial charge in [0.05, 0.1) is 0 Å². The highest BCUT2D eigenvalue weighted by Crippen LogP contribution is 2.29. The highest BCUT2D eigenvalue weighted by molar-refractivity contribution is 7.90. The molecule has 1 aromatic heterocycles. The lowest BCUT2D eigenvalue weighted by Crippen LogP contribution is -2.29. The third-order valence-electron chi connectivity index (χ3n) is 3.63. The molecule has 1 N–H and O–H groups in total. The second kappa shape index (κ2) is 6.97. The van der Waals surface area contributed by atoms with Crippen LogP contribution in [-0.4, -0.2) is 26.1 Å². The summed E-state index contributed by atoms with van der Waals surface area (Å²) >= 11 is 5.95. The summed E-state index contributed by atoms with van der Waals surface area (Å²) in [6.45, 7) is 3.20. The minimum atomic E-state index is -4.06. The summed E-state index contributed by atoms with van der Waals surface area (Å²) in [5, 5.41) is 4.14. The Morgan fingerprint density at radius 3 is 2.81 bits per heavy atom. The van der Waals surface area contributed by atoms with E-state index in [1.807, 2.05) is 10.8 Å². The van der Waals surface area contributed by atoms with E-state index in [1.54, 1.807) is 18.2 Å². The molecule has 0 aliphatic carbocycles. The zero-order valence-electron chi connectivity index (χ0n) is 13.9. The van der Waals surface area contributed by atoms with Gasteiger partial charge in [0.1, 0.15) is 18.1 Å². The zero-order valence-corrected chi connectivity index (χ0v) is 15.5. The molecule has 1 amide bonds. The number of ether oxygens (including phenoxy) is 1. The third-order valence-corrected chi connectivity index (χ3v) is 5.45. The summed E-state index contributed by atoms with van der Waals surface area (Å²) in [7, 11) is -4.06. The van der Waals surface area contributed by atoms with Crippen molar-refractivity contribution in [3.8, 4) is 5.75 Å². The molecule has 0 fully saturated rings. The molecule has 9 heteroatoms. The van der Waals surface area contributed by atoms with Crippen molar-refractivity contribution in [2.75, 3.05) is 6.61 Å². The summed E-state index contributed by atoms with van der Waals surface area (Å²) in [5.74, 6) is 0.0171. The van der Waals surface area contributed by atoms with Crippen LogP contribution in [0.15, 0.2) is 45.3 Å². The molecular weight excluding hydrogens is 380 g/mol. The van der Waals surface area contributed by atoms with Crippen LogP contribution in [0.4, 0.5) is 0 Å². The molecule has 136 valence electrons. The molecule has 7 nitrogen and oxygen atoms in total. The maximum atomic E-state index is 12.3. The van der Waals surface area contributed by atoms with Crippen LogP contribution in [0.25, 0.3) is 6.08 Å². The van der Waals surface area contributed by atoms with Crippen LogP contribution in [-0.2, 0) is 14.8 Å². The molecule has 0 atom stereocenters. The number of amides is 1. The van der Waals surface area contributed by atoms with Crippen LogP contribution in [0.5, 0.6) is 5.75 Å². The van der Waals surface area contributed by atoms with Crippen molar-refractivity contribution < 1.29 is 22.5 Å². The maximum absolute atomic E-state index is 12.3. The first-order chi connectivity index (χ1) is 12.3. The van der Waals surface area contributed by atoms with Crippen molar-refractivity contribution >= 4 is 33.6 Å². The van der Waals surface area contributed by atoms with E-state index in [2.05, 4.69) is 5.16 Å². The number of benzene rings is 1. The summed E-state index contributed by atoms with van der Waals surface area (Å²) < 4.78 is 36.9. The highest BCUT2D eigenvalue weighted by Gasteiger charge is 2.25. The number of sulfonamides is 1. The van der Waals surface area contributed by atoms with Crippen molar-refractivity contribution in [1.82, 2.24) is 9.88 Å². The SMILES string of the molecule is Cc1noc(C)c1S(=O)(=O)NC(=O)/C=C/C1=Cc2cc(Cl)ccc2OC1. The van der Waals surface area contributed by atoms with Gasteiger partial charge in [0.25, 0.3) is 15.9 Å². The molecule has 2 aromatic rings. The van der Waals surface area contributed by atoms with Crippen molar-refractivity contribution in [3.63, 3.8) is 0 Å². The van der Waals surface area contributed by atoms with E-state index in [0.717, 1.165) is 11.6 Å². The van der Waals surface area contributed by atoms with E-state index >= 15 is 0 Å². The maximum Gasteiger partial charge on any atom is 0.269 e. The van der Waals surface area contributed by atoms with Gasteiger partial charge in [-0.3, -0.25) is 4.79 Å². The minimum absolute atomic E-state index is 0.114. The Kier molecular flexibility index (Phi) is 4.88. The third kappa shape index (κ3) is 3.81. The number of fused-ring (bicyclic) bond motifs is 1. The van der Waals surface area contributed by atoms with Crippen LogP contribution in [0.1, 0.15) is 17.0 Å². The van der Waals surface area contributed by atoms with Gasteiger partial charge in [0, 0.05) is 16.7 Å². The average Bonchev–Trinajstić information content (AvgIpc) is 2.91. The molecule has 0 spiro atoms. The van der Waals surface area contributed by atoms with E-state index in [0.29, 0.717) is 16.3 Å². The number of hydrogen-bond acceptors (Lipinski definition) is 6. The molecule has 0 radical (unpaired) electrons. The lowest BCUT2D eigenvalue weighted by Gasteiger charge is -2.16. The molecule has 1 aliphatic heterocycles. The number of carbonyl (C=O) groups is 1. The van der Waals surface area contributed by atoms with Gasteiger partial charge in [-0.2, -0.15) is 0 Å². The van der Waals surface area contributed by atoms with Gasteiger partial charge in [-0.05, 0) is 43.7 Å². The fourth-order valence-electron chi connectivity index (χ4n) is 2.52. The Labute approximate surface area is 155 Å². The standard InChI is InChI=1S/C17H15ClN2O5S/c1-10-17(11(2)25-19-10)26(22,23)20-16(21)6-3-12-7-13-8-14(18)4-5-15(13)24-9-12/h3-8H,9H2,1-2H3,(H,20,21)/b6-3+. The smallest absolute Gasteiger partial charge is 0.269 e. The summed E-state index contributed by atoms with van der Waals surface area (Å²) in [6, 6.07) is 5.23. The highest BCUT2D eigenvalue weighted by atomic mass is 35.5. The molecule has 0 saturated heterocycles. The normalized spacial score (nSPS) is 13.9. The molecule has 26 heavy (non-hydrogen) atoms. The summed E-state index contributed by atoms with van der Waals surface area (Å²) in [5.41, 5.74) is 1.67. The van der Waals surface area contributed by atoms with Gasteiger partial charge in [-0.1, -0.05) is 22.8 Å². The van der Waals surface area contributed by atoms with E-state index < -0.39 is 15.9 Å². The Balaban J connectivity index is 1.74. The van der Waals surface area contributed by atoms with Crippen molar-refractivity contribution in [1.29, 1.82) is 0 Å². The van der Waals surface area contributed by atoms with Crippen molar-refractivity contribution in [3.05, 3.63) is 58.0 Å². The average molecular weight is 395 g/mol. The number of halogens is 1. The fraction of sp³-hybridized carbons (Fsp3) is 0.176. The number of hydrogen-bond donors (Lipinski definition) is 1. The van der Waals surface area contributed by atoms with Gasteiger partial charge in [-0.25, -0.2) is 13.1 Å². The van der Waals surface area contributed by atoms with E-state index in [-0.39, 0.29) is 23.0 Å². The summed E-state index contributed by atoms with van der Waals surface area (Å²) in [4.78, 5) is 11.9. The lowest BCUT2D eigenvalue weighted by molar-refractivity contribution is -0.114. The second-order valence-electron chi connectivity index (χ2n) is 5.65. The number of rotatable bonds is 4. The number of aryl methyl sites for hydroxylation is 2. The van der Waals surface area contributed by atoms with Crippen LogP contribution in [0.3, 0.4) is 0 Å². The first-order valence-electron chi connectivity index (χ1n) is 7.57. The van der Waals surface area contributed by atoms with E-state index in [1.165, 1.54) is 19.9 Å². The van der Waals surface area contributed by atoms with Gasteiger partial charge >= 0.3 is 0 Å². The predicted octanol–water partition coefficient (Wildman–Crippen LogP) is 2.78. The Bertz CT molecular complexity index is 1020. The molecule has 2 heterocycles. The monoisotopic (exact) mass is 394 g/mol. The number of aromatic nitrogens is 1. The molecule has 1 aromatic carbocycles.